The fraction of sp³-hybridized carbons (Fsp3) is 0.556. The molecule has 0 aliphatic rings. The van der Waals surface area contributed by atoms with Crippen molar-refractivity contribution in [1.29, 1.82) is 5.41 Å². The summed E-state index contributed by atoms with van der Waals surface area (Å²) in [5.41, 5.74) is 5.94. The molecule has 0 aliphatic carbocycles. The van der Waals surface area contributed by atoms with Gasteiger partial charge < -0.3 is 16.2 Å². The van der Waals surface area contributed by atoms with Crippen molar-refractivity contribution in [2.75, 3.05) is 6.54 Å². The Balaban J connectivity index is 4.19. The molecule has 0 spiro atoms. The summed E-state index contributed by atoms with van der Waals surface area (Å²) in [6.45, 7) is 2.11. The van der Waals surface area contributed by atoms with Gasteiger partial charge in [0.25, 0.3) is 0 Å². The van der Waals surface area contributed by atoms with Gasteiger partial charge in [-0.05, 0) is 6.42 Å². The summed E-state index contributed by atoms with van der Waals surface area (Å²) in [5, 5.41) is 16.0. The Kier molecular flexibility index (Phi) is 5.80. The number of nitrogens with one attached hydrogen (secondary N) is 1. The van der Waals surface area contributed by atoms with Crippen molar-refractivity contribution in [1.82, 2.24) is 0 Å². The Morgan fingerprint density at radius 2 is 2.23 bits per heavy atom. The first-order valence-corrected chi connectivity index (χ1v) is 4.30. The van der Waals surface area contributed by atoms with Crippen molar-refractivity contribution < 1.29 is 9.90 Å². The molecule has 74 valence electrons. The minimum Gasteiger partial charge on any atom is -0.478 e. The zero-order chi connectivity index (χ0) is 10.3. The van der Waals surface area contributed by atoms with Crippen LogP contribution >= 0.6 is 0 Å². The molecule has 0 amide bonds. The minimum atomic E-state index is -0.897. The van der Waals surface area contributed by atoms with E-state index in [1.807, 2.05) is 6.92 Å². The molecular weight excluding hydrogens is 168 g/mol. The summed E-state index contributed by atoms with van der Waals surface area (Å²) in [4.78, 5) is 10.6. The van der Waals surface area contributed by atoms with Gasteiger partial charge in [0.2, 0.25) is 0 Å². The summed E-state index contributed by atoms with van der Waals surface area (Å²) in [7, 11) is 0. The molecule has 0 saturated carbocycles. The van der Waals surface area contributed by atoms with E-state index in [0.717, 1.165) is 6.42 Å². The number of allylic oxidation sites excluding steroid dienone is 1. The molecule has 0 unspecified atom stereocenters. The predicted octanol–water partition coefficient (Wildman–Crippen LogP) is 1.17. The van der Waals surface area contributed by atoms with E-state index < -0.39 is 5.97 Å². The largest absolute Gasteiger partial charge is 0.478 e. The predicted molar refractivity (Wildman–Crippen MR) is 52.0 cm³/mol. The van der Waals surface area contributed by atoms with Crippen molar-refractivity contribution >= 4 is 11.7 Å². The van der Waals surface area contributed by atoms with Gasteiger partial charge in [-0.1, -0.05) is 19.4 Å². The van der Waals surface area contributed by atoms with E-state index >= 15 is 0 Å². The maximum atomic E-state index is 10.6. The van der Waals surface area contributed by atoms with Crippen molar-refractivity contribution in [2.45, 2.75) is 26.2 Å². The van der Waals surface area contributed by atoms with Crippen molar-refractivity contribution in [2.24, 2.45) is 5.73 Å². The van der Waals surface area contributed by atoms with Gasteiger partial charge in [-0.25, -0.2) is 4.79 Å². The fourth-order valence-electron chi connectivity index (χ4n) is 0.895. The molecule has 0 bridgehead atoms. The standard InChI is InChI=1S/C9H16N2O2/c1-2-3-7(9(12)13)4-5-8(11)6-10/h4,11H,2-3,5-6,10H2,1H3,(H,12,13). The second kappa shape index (κ2) is 6.37. The Hall–Kier alpha value is -1.16. The molecule has 13 heavy (non-hydrogen) atoms. The number of hydrogen-bond acceptors (Lipinski definition) is 3. The molecule has 0 aromatic rings. The summed E-state index contributed by atoms with van der Waals surface area (Å²) < 4.78 is 0. The highest BCUT2D eigenvalue weighted by Gasteiger charge is 2.05. The van der Waals surface area contributed by atoms with Crippen LogP contribution in [-0.4, -0.2) is 23.3 Å². The number of rotatable bonds is 6. The van der Waals surface area contributed by atoms with Gasteiger partial charge in [-0.2, -0.15) is 0 Å². The third kappa shape index (κ3) is 5.14. The Morgan fingerprint density at radius 3 is 2.62 bits per heavy atom. The molecule has 0 rings (SSSR count). The lowest BCUT2D eigenvalue weighted by Gasteiger charge is -2.00. The van der Waals surface area contributed by atoms with Gasteiger partial charge >= 0.3 is 5.97 Å². The zero-order valence-electron chi connectivity index (χ0n) is 7.84. The first-order chi connectivity index (χ1) is 6.11. The van der Waals surface area contributed by atoms with E-state index in [0.29, 0.717) is 24.1 Å². The smallest absolute Gasteiger partial charge is 0.331 e. The molecule has 0 fully saturated rings. The average molecular weight is 184 g/mol. The fourth-order valence-corrected chi connectivity index (χ4v) is 0.895. The van der Waals surface area contributed by atoms with Crippen LogP contribution < -0.4 is 5.73 Å². The van der Waals surface area contributed by atoms with Crippen LogP contribution in [0, 0.1) is 5.41 Å². The molecule has 4 heteroatoms. The van der Waals surface area contributed by atoms with E-state index in [2.05, 4.69) is 0 Å². The van der Waals surface area contributed by atoms with E-state index in [1.54, 1.807) is 6.08 Å². The van der Waals surface area contributed by atoms with E-state index in [-0.39, 0.29) is 6.54 Å². The SMILES string of the molecule is CCCC(=CCC(=N)CN)C(=O)O. The summed E-state index contributed by atoms with van der Waals surface area (Å²) in [6.07, 6.45) is 3.26. The number of nitrogens with two attached hydrogens (primary N) is 1. The van der Waals surface area contributed by atoms with Crippen LogP contribution in [0.25, 0.3) is 0 Å². The van der Waals surface area contributed by atoms with Gasteiger partial charge in [-0.15, -0.1) is 0 Å². The van der Waals surface area contributed by atoms with Crippen molar-refractivity contribution in [3.05, 3.63) is 11.6 Å². The lowest BCUT2D eigenvalue weighted by Crippen LogP contribution is -2.12. The third-order valence-corrected chi connectivity index (χ3v) is 1.64. The van der Waals surface area contributed by atoms with Gasteiger partial charge in [-0.3, -0.25) is 0 Å². The molecule has 0 saturated heterocycles. The number of carboxylic acids is 1. The quantitative estimate of drug-likeness (QED) is 0.427. The number of hydrogen-bond donors (Lipinski definition) is 3. The Morgan fingerprint density at radius 1 is 1.62 bits per heavy atom. The number of carboxylic acid groups (broad SMARTS) is 1. The second-order valence-electron chi connectivity index (χ2n) is 2.80. The van der Waals surface area contributed by atoms with Crippen LogP contribution in [0.5, 0.6) is 0 Å². The lowest BCUT2D eigenvalue weighted by molar-refractivity contribution is -0.132. The van der Waals surface area contributed by atoms with Crippen LogP contribution in [-0.2, 0) is 4.79 Å². The molecule has 0 radical (unpaired) electrons. The monoisotopic (exact) mass is 184 g/mol. The first-order valence-electron chi connectivity index (χ1n) is 4.30. The summed E-state index contributed by atoms with van der Waals surface area (Å²) in [5.74, 6) is -0.897. The summed E-state index contributed by atoms with van der Waals surface area (Å²) in [6, 6.07) is 0. The Labute approximate surface area is 78.0 Å². The van der Waals surface area contributed by atoms with Crippen LogP contribution in [0.4, 0.5) is 0 Å². The van der Waals surface area contributed by atoms with E-state index in [4.69, 9.17) is 16.2 Å². The normalized spacial score (nSPS) is 11.4. The van der Waals surface area contributed by atoms with Crippen LogP contribution in [0.2, 0.25) is 0 Å². The van der Waals surface area contributed by atoms with E-state index in [1.165, 1.54) is 0 Å². The molecule has 4 N–H and O–H groups in total. The highest BCUT2D eigenvalue weighted by Crippen LogP contribution is 2.06. The maximum absolute atomic E-state index is 10.6. The zero-order valence-corrected chi connectivity index (χ0v) is 7.84. The van der Waals surface area contributed by atoms with Crippen molar-refractivity contribution in [3.8, 4) is 0 Å². The number of aliphatic carboxylic acids is 1. The van der Waals surface area contributed by atoms with Crippen LogP contribution in [0.15, 0.2) is 11.6 Å². The number of carbonyl (C=O) groups is 1. The molecule has 0 aromatic carbocycles. The van der Waals surface area contributed by atoms with Gasteiger partial charge in [0.05, 0.1) is 0 Å². The summed E-state index contributed by atoms with van der Waals surface area (Å²) >= 11 is 0. The van der Waals surface area contributed by atoms with Gasteiger partial charge in [0, 0.05) is 24.3 Å². The van der Waals surface area contributed by atoms with Crippen LogP contribution in [0.3, 0.4) is 0 Å². The molecule has 0 aromatic heterocycles. The second-order valence-corrected chi connectivity index (χ2v) is 2.80. The van der Waals surface area contributed by atoms with Crippen molar-refractivity contribution in [3.63, 3.8) is 0 Å². The molecule has 0 aliphatic heterocycles. The first kappa shape index (κ1) is 11.8. The molecule has 4 nitrogen and oxygen atoms in total. The van der Waals surface area contributed by atoms with E-state index in [9.17, 15) is 4.79 Å². The molecule has 0 heterocycles. The molecule has 0 atom stereocenters. The van der Waals surface area contributed by atoms with Gasteiger partial charge in [0.15, 0.2) is 0 Å². The lowest BCUT2D eigenvalue weighted by atomic mass is 10.1. The minimum absolute atomic E-state index is 0.190. The molecular formula is C9H16N2O2. The van der Waals surface area contributed by atoms with Gasteiger partial charge in [0.1, 0.15) is 0 Å². The highest BCUT2D eigenvalue weighted by molar-refractivity contribution is 5.89. The average Bonchev–Trinajstić information content (AvgIpc) is 2.11. The third-order valence-electron chi connectivity index (χ3n) is 1.64. The maximum Gasteiger partial charge on any atom is 0.331 e. The Bertz CT molecular complexity index is 222. The van der Waals surface area contributed by atoms with Crippen LogP contribution in [0.1, 0.15) is 26.2 Å². The highest BCUT2D eigenvalue weighted by atomic mass is 16.4. The topological polar surface area (TPSA) is 87.2 Å².